The molecule has 0 fully saturated rings. The number of halogens is 3. The number of rotatable bonds is 6. The summed E-state index contributed by atoms with van der Waals surface area (Å²) in [5.41, 5.74) is 0.654. The second-order valence-corrected chi connectivity index (χ2v) is 6.92. The van der Waals surface area contributed by atoms with Crippen LogP contribution in [-0.2, 0) is 4.79 Å². The summed E-state index contributed by atoms with van der Waals surface area (Å²) in [4.78, 5) is 12.0. The van der Waals surface area contributed by atoms with Crippen LogP contribution in [0.2, 0.25) is 10.0 Å². The number of carbonyl (C=O) groups excluding carboxylic acids is 1. The van der Waals surface area contributed by atoms with Gasteiger partial charge in [-0.2, -0.15) is 0 Å². The van der Waals surface area contributed by atoms with Gasteiger partial charge in [-0.05, 0) is 66.2 Å². The zero-order valence-corrected chi connectivity index (χ0v) is 16.2. The third-order valence-electron chi connectivity index (χ3n) is 2.82. The number of ether oxygens (including phenoxy) is 2. The van der Waals surface area contributed by atoms with Crippen molar-refractivity contribution in [3.63, 3.8) is 0 Å². The van der Waals surface area contributed by atoms with Crippen molar-refractivity contribution >= 4 is 50.7 Å². The van der Waals surface area contributed by atoms with Gasteiger partial charge in [0.25, 0.3) is 5.91 Å². The molecule has 2 aromatic carbocycles. The number of hydrogen-bond acceptors (Lipinski definition) is 3. The Kier molecular flexibility index (Phi) is 6.78. The van der Waals surface area contributed by atoms with Crippen molar-refractivity contribution in [2.24, 2.45) is 0 Å². The molecular formula is C17H16BrCl2NO3. The molecule has 0 saturated heterocycles. The average Bonchev–Trinajstić information content (AvgIpc) is 2.47. The van der Waals surface area contributed by atoms with E-state index in [4.69, 9.17) is 32.7 Å². The maximum absolute atomic E-state index is 12.0. The summed E-state index contributed by atoms with van der Waals surface area (Å²) in [5, 5.41) is 3.55. The van der Waals surface area contributed by atoms with Crippen LogP contribution in [0.15, 0.2) is 40.9 Å². The van der Waals surface area contributed by atoms with Crippen LogP contribution in [0.1, 0.15) is 13.8 Å². The summed E-state index contributed by atoms with van der Waals surface area (Å²) in [5.74, 6) is 0.818. The Balaban J connectivity index is 1.92. The predicted molar refractivity (Wildman–Crippen MR) is 100 cm³/mol. The Hall–Kier alpha value is -1.43. The summed E-state index contributed by atoms with van der Waals surface area (Å²) >= 11 is 15.2. The van der Waals surface area contributed by atoms with Crippen LogP contribution in [0, 0.1) is 0 Å². The Morgan fingerprint density at radius 2 is 1.88 bits per heavy atom. The van der Waals surface area contributed by atoms with Crippen molar-refractivity contribution < 1.29 is 14.3 Å². The number of benzene rings is 2. The summed E-state index contributed by atoms with van der Waals surface area (Å²) in [6.07, 6.45) is 0.0985. The second kappa shape index (κ2) is 8.60. The lowest BCUT2D eigenvalue weighted by Crippen LogP contribution is -2.20. The smallest absolute Gasteiger partial charge is 0.262 e. The molecule has 0 aliphatic rings. The zero-order valence-electron chi connectivity index (χ0n) is 13.1. The van der Waals surface area contributed by atoms with Crippen molar-refractivity contribution in [3.05, 3.63) is 50.9 Å². The largest absolute Gasteiger partial charge is 0.491 e. The third-order valence-corrected chi connectivity index (χ3v) is 3.91. The lowest BCUT2D eigenvalue weighted by Gasteiger charge is -2.12. The highest BCUT2D eigenvalue weighted by molar-refractivity contribution is 9.10. The Morgan fingerprint density at radius 3 is 2.46 bits per heavy atom. The SMILES string of the molecule is CC(C)Oc1ccc(NC(=O)COc2c(Cl)cc(Cl)cc2Br)cc1. The molecule has 2 aromatic rings. The first-order chi connectivity index (χ1) is 11.3. The average molecular weight is 433 g/mol. The van der Waals surface area contributed by atoms with Gasteiger partial charge in [-0.1, -0.05) is 23.2 Å². The number of carbonyl (C=O) groups is 1. The third kappa shape index (κ3) is 5.58. The monoisotopic (exact) mass is 431 g/mol. The maximum Gasteiger partial charge on any atom is 0.262 e. The van der Waals surface area contributed by atoms with Crippen molar-refractivity contribution in [1.29, 1.82) is 0 Å². The van der Waals surface area contributed by atoms with E-state index in [9.17, 15) is 4.79 Å². The highest BCUT2D eigenvalue weighted by Crippen LogP contribution is 2.36. The highest BCUT2D eigenvalue weighted by atomic mass is 79.9. The van der Waals surface area contributed by atoms with E-state index in [2.05, 4.69) is 21.2 Å². The number of amides is 1. The van der Waals surface area contributed by atoms with Gasteiger partial charge in [0, 0.05) is 10.7 Å². The van der Waals surface area contributed by atoms with Gasteiger partial charge in [-0.25, -0.2) is 0 Å². The molecule has 1 amide bonds. The van der Waals surface area contributed by atoms with Crippen molar-refractivity contribution in [2.75, 3.05) is 11.9 Å². The zero-order chi connectivity index (χ0) is 17.7. The van der Waals surface area contributed by atoms with E-state index >= 15 is 0 Å². The molecule has 1 N–H and O–H groups in total. The van der Waals surface area contributed by atoms with Crippen LogP contribution < -0.4 is 14.8 Å². The van der Waals surface area contributed by atoms with Gasteiger partial charge in [0.05, 0.1) is 15.6 Å². The normalized spacial score (nSPS) is 10.6. The van der Waals surface area contributed by atoms with Crippen molar-refractivity contribution in [1.82, 2.24) is 0 Å². The topological polar surface area (TPSA) is 47.6 Å². The minimum atomic E-state index is -0.301. The molecule has 0 aliphatic carbocycles. The van der Waals surface area contributed by atoms with E-state index in [1.807, 2.05) is 13.8 Å². The van der Waals surface area contributed by atoms with Gasteiger partial charge in [0.2, 0.25) is 0 Å². The lowest BCUT2D eigenvalue weighted by atomic mass is 10.3. The van der Waals surface area contributed by atoms with Crippen LogP contribution in [0.25, 0.3) is 0 Å². The molecule has 0 aliphatic heterocycles. The molecule has 4 nitrogen and oxygen atoms in total. The standard InChI is InChI=1S/C17H16BrCl2NO3/c1-10(2)24-13-5-3-12(4-6-13)21-16(22)9-23-17-14(18)7-11(19)8-15(17)20/h3-8,10H,9H2,1-2H3,(H,21,22). The first kappa shape index (κ1) is 18.9. The van der Waals surface area contributed by atoms with Gasteiger partial charge >= 0.3 is 0 Å². The summed E-state index contributed by atoms with van der Waals surface area (Å²) in [6.45, 7) is 3.73. The van der Waals surface area contributed by atoms with Gasteiger partial charge in [-0.15, -0.1) is 0 Å². The fourth-order valence-electron chi connectivity index (χ4n) is 1.89. The van der Waals surface area contributed by atoms with Gasteiger partial charge in [0.15, 0.2) is 12.4 Å². The van der Waals surface area contributed by atoms with E-state index < -0.39 is 0 Å². The van der Waals surface area contributed by atoms with Crippen LogP contribution in [-0.4, -0.2) is 18.6 Å². The quantitative estimate of drug-likeness (QED) is 0.649. The Morgan fingerprint density at radius 1 is 1.21 bits per heavy atom. The molecule has 0 atom stereocenters. The predicted octanol–water partition coefficient (Wildman–Crippen LogP) is 5.56. The molecule has 24 heavy (non-hydrogen) atoms. The number of hydrogen-bond donors (Lipinski definition) is 1. The molecule has 7 heteroatoms. The fraction of sp³-hybridized carbons (Fsp3) is 0.235. The van der Waals surface area contributed by atoms with Crippen LogP contribution in [0.4, 0.5) is 5.69 Å². The molecule has 0 aromatic heterocycles. The van der Waals surface area contributed by atoms with Crippen molar-refractivity contribution in [2.45, 2.75) is 20.0 Å². The Labute approximate surface area is 159 Å². The van der Waals surface area contributed by atoms with E-state index in [1.54, 1.807) is 36.4 Å². The molecule has 0 radical (unpaired) electrons. The molecule has 128 valence electrons. The first-order valence-electron chi connectivity index (χ1n) is 7.19. The second-order valence-electron chi connectivity index (χ2n) is 5.23. The van der Waals surface area contributed by atoms with Gasteiger partial charge in [-0.3, -0.25) is 4.79 Å². The molecule has 0 bridgehead atoms. The van der Waals surface area contributed by atoms with Crippen molar-refractivity contribution in [3.8, 4) is 11.5 Å². The lowest BCUT2D eigenvalue weighted by molar-refractivity contribution is -0.118. The maximum atomic E-state index is 12.0. The molecule has 0 heterocycles. The van der Waals surface area contributed by atoms with E-state index in [-0.39, 0.29) is 18.6 Å². The molecule has 0 spiro atoms. The molecular weight excluding hydrogens is 417 g/mol. The minimum absolute atomic E-state index is 0.0985. The van der Waals surface area contributed by atoms with Gasteiger partial charge < -0.3 is 14.8 Å². The first-order valence-corrected chi connectivity index (χ1v) is 8.74. The van der Waals surface area contributed by atoms with Crippen LogP contribution >= 0.6 is 39.1 Å². The number of anilines is 1. The summed E-state index contributed by atoms with van der Waals surface area (Å²) < 4.78 is 11.6. The van der Waals surface area contributed by atoms with Crippen LogP contribution in [0.3, 0.4) is 0 Å². The van der Waals surface area contributed by atoms with E-state index in [0.29, 0.717) is 26.0 Å². The van der Waals surface area contributed by atoms with E-state index in [1.165, 1.54) is 0 Å². The van der Waals surface area contributed by atoms with Gasteiger partial charge in [0.1, 0.15) is 5.75 Å². The fourth-order valence-corrected chi connectivity index (χ4v) is 3.26. The summed E-state index contributed by atoms with van der Waals surface area (Å²) in [7, 11) is 0. The molecule has 2 rings (SSSR count). The number of nitrogens with one attached hydrogen (secondary N) is 1. The summed E-state index contributed by atoms with van der Waals surface area (Å²) in [6, 6.07) is 10.3. The highest BCUT2D eigenvalue weighted by Gasteiger charge is 2.11. The molecule has 0 unspecified atom stereocenters. The Bertz CT molecular complexity index is 697. The minimum Gasteiger partial charge on any atom is -0.491 e. The van der Waals surface area contributed by atoms with E-state index in [0.717, 1.165) is 5.75 Å². The molecule has 0 saturated carbocycles. The van der Waals surface area contributed by atoms with Crippen LogP contribution in [0.5, 0.6) is 11.5 Å².